The second-order valence-electron chi connectivity index (χ2n) is 4.72. The van der Waals surface area contributed by atoms with Crippen molar-refractivity contribution in [2.24, 2.45) is 0 Å². The molecular weight excluding hydrogens is 291 g/mol. The molecule has 2 aromatic carbocycles. The van der Waals surface area contributed by atoms with Gasteiger partial charge < -0.3 is 10.3 Å². The van der Waals surface area contributed by atoms with Crippen LogP contribution in [0.2, 0.25) is 5.02 Å². The highest BCUT2D eigenvalue weighted by Crippen LogP contribution is 2.39. The molecular formula is C16H12ClFN2O. The summed E-state index contributed by atoms with van der Waals surface area (Å²) in [5, 5.41) is 4.36. The highest BCUT2D eigenvalue weighted by molar-refractivity contribution is 6.33. The molecule has 0 spiro atoms. The van der Waals surface area contributed by atoms with Gasteiger partial charge in [-0.05, 0) is 36.8 Å². The van der Waals surface area contributed by atoms with Crippen molar-refractivity contribution in [2.75, 3.05) is 5.73 Å². The van der Waals surface area contributed by atoms with Crippen LogP contribution in [-0.4, -0.2) is 5.16 Å². The lowest BCUT2D eigenvalue weighted by molar-refractivity contribution is 0.436. The van der Waals surface area contributed by atoms with Gasteiger partial charge in [0, 0.05) is 16.1 Å². The molecule has 2 N–H and O–H groups in total. The maximum atomic E-state index is 13.4. The van der Waals surface area contributed by atoms with Gasteiger partial charge in [0.2, 0.25) is 0 Å². The van der Waals surface area contributed by atoms with Crippen LogP contribution in [0.4, 0.5) is 10.2 Å². The zero-order valence-electron chi connectivity index (χ0n) is 11.2. The molecule has 3 aromatic rings. The number of hydrogen-bond donors (Lipinski definition) is 1. The molecule has 1 heterocycles. The summed E-state index contributed by atoms with van der Waals surface area (Å²) in [6.45, 7) is 1.69. The summed E-state index contributed by atoms with van der Waals surface area (Å²) in [5.74, 6) is 0.453. The van der Waals surface area contributed by atoms with Crippen molar-refractivity contribution < 1.29 is 8.91 Å². The maximum absolute atomic E-state index is 13.4. The standard InChI is InChI=1S/C16H12ClFN2O/c1-9-8-10(6-7-13(9)18)15-14(16(19)20-21-15)11-4-2-3-5-12(11)17/h2-8H,1H3,(H2,19,20). The summed E-state index contributed by atoms with van der Waals surface area (Å²) in [4.78, 5) is 0. The van der Waals surface area contributed by atoms with Crippen LogP contribution in [0.5, 0.6) is 0 Å². The molecule has 3 nitrogen and oxygen atoms in total. The number of nitrogen functional groups attached to an aromatic ring is 1. The largest absolute Gasteiger partial charge is 0.380 e. The summed E-state index contributed by atoms with van der Waals surface area (Å²) in [6.07, 6.45) is 0. The predicted octanol–water partition coefficient (Wildman–Crippen LogP) is 4.69. The maximum Gasteiger partial charge on any atom is 0.176 e. The van der Waals surface area contributed by atoms with E-state index >= 15 is 0 Å². The predicted molar refractivity (Wildman–Crippen MR) is 81.5 cm³/mol. The Bertz CT molecular complexity index is 814. The van der Waals surface area contributed by atoms with Crippen molar-refractivity contribution in [3.63, 3.8) is 0 Å². The lowest BCUT2D eigenvalue weighted by atomic mass is 10.0. The monoisotopic (exact) mass is 302 g/mol. The number of benzene rings is 2. The summed E-state index contributed by atoms with van der Waals surface area (Å²) < 4.78 is 18.7. The highest BCUT2D eigenvalue weighted by Gasteiger charge is 2.20. The fourth-order valence-corrected chi connectivity index (χ4v) is 2.44. The molecule has 0 bridgehead atoms. The molecule has 0 unspecified atom stereocenters. The van der Waals surface area contributed by atoms with Gasteiger partial charge in [-0.3, -0.25) is 0 Å². The first kappa shape index (κ1) is 13.6. The van der Waals surface area contributed by atoms with E-state index in [4.69, 9.17) is 21.9 Å². The SMILES string of the molecule is Cc1cc(-c2onc(N)c2-c2ccccc2Cl)ccc1F. The van der Waals surface area contributed by atoms with E-state index < -0.39 is 0 Å². The summed E-state index contributed by atoms with van der Waals surface area (Å²) in [5.41, 5.74) is 8.48. The summed E-state index contributed by atoms with van der Waals surface area (Å²) in [6, 6.07) is 12.0. The molecule has 0 saturated carbocycles. The van der Waals surface area contributed by atoms with Crippen LogP contribution in [0.15, 0.2) is 47.0 Å². The van der Waals surface area contributed by atoms with Crippen molar-refractivity contribution in [1.29, 1.82) is 0 Å². The van der Waals surface area contributed by atoms with Crippen molar-refractivity contribution in [3.05, 3.63) is 58.9 Å². The van der Waals surface area contributed by atoms with Crippen LogP contribution >= 0.6 is 11.6 Å². The second kappa shape index (κ2) is 5.22. The molecule has 0 radical (unpaired) electrons. The van der Waals surface area contributed by atoms with Crippen molar-refractivity contribution >= 4 is 17.4 Å². The van der Waals surface area contributed by atoms with E-state index in [2.05, 4.69) is 5.16 Å². The van der Waals surface area contributed by atoms with Gasteiger partial charge in [0.1, 0.15) is 5.82 Å². The van der Waals surface area contributed by atoms with Gasteiger partial charge in [0.15, 0.2) is 11.6 Å². The quantitative estimate of drug-likeness (QED) is 0.747. The molecule has 0 aliphatic carbocycles. The average molecular weight is 303 g/mol. The second-order valence-corrected chi connectivity index (χ2v) is 5.12. The Morgan fingerprint density at radius 2 is 1.95 bits per heavy atom. The van der Waals surface area contributed by atoms with Crippen LogP contribution < -0.4 is 5.73 Å². The van der Waals surface area contributed by atoms with Crippen LogP contribution in [0, 0.1) is 12.7 Å². The molecule has 5 heteroatoms. The third-order valence-electron chi connectivity index (χ3n) is 3.28. The van der Waals surface area contributed by atoms with Gasteiger partial charge in [-0.25, -0.2) is 4.39 Å². The number of nitrogens with two attached hydrogens (primary N) is 1. The van der Waals surface area contributed by atoms with Crippen LogP contribution in [0.3, 0.4) is 0 Å². The molecule has 106 valence electrons. The minimum absolute atomic E-state index is 0.250. The van der Waals surface area contributed by atoms with E-state index in [1.165, 1.54) is 6.07 Å². The Labute approximate surface area is 126 Å². The molecule has 0 saturated heterocycles. The molecule has 21 heavy (non-hydrogen) atoms. The Balaban J connectivity index is 2.22. The lowest BCUT2D eigenvalue weighted by Gasteiger charge is -2.06. The number of hydrogen-bond acceptors (Lipinski definition) is 3. The molecule has 3 rings (SSSR count). The topological polar surface area (TPSA) is 52.0 Å². The summed E-state index contributed by atoms with van der Waals surface area (Å²) >= 11 is 6.22. The van der Waals surface area contributed by atoms with E-state index in [1.54, 1.807) is 25.1 Å². The van der Waals surface area contributed by atoms with Gasteiger partial charge in [-0.2, -0.15) is 0 Å². The first-order chi connectivity index (χ1) is 10.1. The van der Waals surface area contributed by atoms with Crippen LogP contribution in [0.25, 0.3) is 22.5 Å². The number of nitrogens with zero attached hydrogens (tertiary/aromatic N) is 1. The molecule has 0 aliphatic rings. The number of anilines is 1. The average Bonchev–Trinajstić information content (AvgIpc) is 2.84. The molecule has 0 fully saturated rings. The molecule has 0 amide bonds. The minimum Gasteiger partial charge on any atom is -0.380 e. The zero-order valence-corrected chi connectivity index (χ0v) is 12.0. The van der Waals surface area contributed by atoms with E-state index in [0.29, 0.717) is 27.5 Å². The van der Waals surface area contributed by atoms with E-state index in [-0.39, 0.29) is 11.6 Å². The fraction of sp³-hybridized carbons (Fsp3) is 0.0625. The Morgan fingerprint density at radius 3 is 2.67 bits per heavy atom. The van der Waals surface area contributed by atoms with Crippen molar-refractivity contribution in [2.45, 2.75) is 6.92 Å². The van der Waals surface area contributed by atoms with Gasteiger partial charge >= 0.3 is 0 Å². The van der Waals surface area contributed by atoms with Crippen molar-refractivity contribution in [1.82, 2.24) is 5.16 Å². The molecule has 0 aliphatic heterocycles. The summed E-state index contributed by atoms with van der Waals surface area (Å²) in [7, 11) is 0. The van der Waals surface area contributed by atoms with Gasteiger partial charge in [-0.15, -0.1) is 0 Å². The molecule has 1 aromatic heterocycles. The third kappa shape index (κ3) is 2.38. The molecule has 0 atom stereocenters. The first-order valence-electron chi connectivity index (χ1n) is 6.34. The normalized spacial score (nSPS) is 10.8. The first-order valence-corrected chi connectivity index (χ1v) is 6.72. The minimum atomic E-state index is -0.273. The number of aryl methyl sites for hydroxylation is 1. The van der Waals surface area contributed by atoms with E-state index in [9.17, 15) is 4.39 Å². The van der Waals surface area contributed by atoms with Crippen molar-refractivity contribution in [3.8, 4) is 22.5 Å². The van der Waals surface area contributed by atoms with Gasteiger partial charge in [0.05, 0.1) is 5.56 Å². The van der Waals surface area contributed by atoms with Crippen LogP contribution in [-0.2, 0) is 0 Å². The Kier molecular flexibility index (Phi) is 3.39. The third-order valence-corrected chi connectivity index (χ3v) is 3.61. The number of halogens is 2. The Morgan fingerprint density at radius 1 is 1.19 bits per heavy atom. The van der Waals surface area contributed by atoms with Crippen LogP contribution in [0.1, 0.15) is 5.56 Å². The van der Waals surface area contributed by atoms with E-state index in [0.717, 1.165) is 5.56 Å². The van der Waals surface area contributed by atoms with E-state index in [1.807, 2.05) is 18.2 Å². The lowest BCUT2D eigenvalue weighted by Crippen LogP contribution is -1.90. The fourth-order valence-electron chi connectivity index (χ4n) is 2.21. The number of aromatic nitrogens is 1. The van der Waals surface area contributed by atoms with Gasteiger partial charge in [0.25, 0.3) is 0 Å². The number of rotatable bonds is 2. The zero-order chi connectivity index (χ0) is 15.0. The highest BCUT2D eigenvalue weighted by atomic mass is 35.5. The smallest absolute Gasteiger partial charge is 0.176 e. The van der Waals surface area contributed by atoms with Gasteiger partial charge in [-0.1, -0.05) is 35.0 Å². The Hall–Kier alpha value is -2.33.